The third-order valence-electron chi connectivity index (χ3n) is 5.03. The predicted molar refractivity (Wildman–Crippen MR) is 102 cm³/mol. The Hall–Kier alpha value is -2.41. The van der Waals surface area contributed by atoms with Gasteiger partial charge in [-0.05, 0) is 30.2 Å². The number of nitrogens with one attached hydrogen (secondary N) is 1. The van der Waals surface area contributed by atoms with E-state index in [0.29, 0.717) is 5.92 Å². The maximum atomic E-state index is 12.9. The van der Waals surface area contributed by atoms with Crippen molar-refractivity contribution in [2.75, 3.05) is 13.2 Å². The summed E-state index contributed by atoms with van der Waals surface area (Å²) in [7, 11) is 0. The Kier molecular flexibility index (Phi) is 5.51. The third kappa shape index (κ3) is 4.30. The summed E-state index contributed by atoms with van der Waals surface area (Å²) in [5.41, 5.74) is 0.548. The van der Waals surface area contributed by atoms with Crippen molar-refractivity contribution in [1.29, 1.82) is 0 Å². The molecule has 1 aliphatic heterocycles. The number of benzene rings is 1. The summed E-state index contributed by atoms with van der Waals surface area (Å²) in [6.07, 6.45) is 1.95. The van der Waals surface area contributed by atoms with Crippen LogP contribution in [0.2, 0.25) is 0 Å². The van der Waals surface area contributed by atoms with Crippen molar-refractivity contribution < 1.29 is 19.4 Å². The quantitative estimate of drug-likeness (QED) is 0.840. The molecule has 7 heteroatoms. The van der Waals surface area contributed by atoms with Gasteiger partial charge < -0.3 is 15.2 Å². The fourth-order valence-electron chi connectivity index (χ4n) is 3.46. The molecular formula is C20H27N3O4. The molecule has 1 atom stereocenters. The van der Waals surface area contributed by atoms with Crippen LogP contribution >= 0.6 is 0 Å². The largest absolute Gasteiger partial charge is 0.480 e. The highest BCUT2D eigenvalue weighted by Gasteiger charge is 2.34. The summed E-state index contributed by atoms with van der Waals surface area (Å²) in [4.78, 5) is 24.4. The Morgan fingerprint density at radius 3 is 2.59 bits per heavy atom. The van der Waals surface area contributed by atoms with Crippen LogP contribution in [0.25, 0.3) is 10.9 Å². The number of para-hydroxylation sites is 1. The van der Waals surface area contributed by atoms with Gasteiger partial charge in [-0.25, -0.2) is 4.79 Å². The zero-order valence-electron chi connectivity index (χ0n) is 16.1. The number of nitrogens with zero attached hydrogens (tertiary/aromatic N) is 2. The van der Waals surface area contributed by atoms with Gasteiger partial charge >= 0.3 is 5.97 Å². The number of hydrogen-bond acceptors (Lipinski definition) is 4. The predicted octanol–water partition coefficient (Wildman–Crippen LogP) is 2.69. The van der Waals surface area contributed by atoms with Crippen LogP contribution in [0.3, 0.4) is 0 Å². The molecule has 1 fully saturated rings. The van der Waals surface area contributed by atoms with E-state index in [1.54, 1.807) is 20.8 Å². The van der Waals surface area contributed by atoms with Gasteiger partial charge in [0, 0.05) is 25.1 Å². The Labute approximate surface area is 158 Å². The summed E-state index contributed by atoms with van der Waals surface area (Å²) >= 11 is 0. The van der Waals surface area contributed by atoms with E-state index in [-0.39, 0.29) is 5.69 Å². The number of amides is 1. The third-order valence-corrected chi connectivity index (χ3v) is 5.03. The average molecular weight is 373 g/mol. The van der Waals surface area contributed by atoms with E-state index in [4.69, 9.17) is 4.74 Å². The van der Waals surface area contributed by atoms with Gasteiger partial charge in [0.15, 0.2) is 5.69 Å². The van der Waals surface area contributed by atoms with Crippen molar-refractivity contribution in [3.8, 4) is 0 Å². The molecule has 0 aliphatic carbocycles. The van der Waals surface area contributed by atoms with Gasteiger partial charge in [-0.1, -0.05) is 39.0 Å². The summed E-state index contributed by atoms with van der Waals surface area (Å²) < 4.78 is 7.29. The zero-order valence-corrected chi connectivity index (χ0v) is 16.1. The van der Waals surface area contributed by atoms with Crippen LogP contribution in [0.5, 0.6) is 0 Å². The van der Waals surface area contributed by atoms with Crippen molar-refractivity contribution in [2.45, 2.75) is 46.2 Å². The zero-order chi connectivity index (χ0) is 19.6. The molecule has 1 aromatic carbocycles. The molecule has 1 aliphatic rings. The molecule has 27 heavy (non-hydrogen) atoms. The number of aliphatic carboxylic acids is 1. The van der Waals surface area contributed by atoms with Crippen LogP contribution < -0.4 is 5.32 Å². The Morgan fingerprint density at radius 1 is 1.30 bits per heavy atom. The minimum absolute atomic E-state index is 0.271. The number of aromatic nitrogens is 2. The second-order valence-electron chi connectivity index (χ2n) is 8.21. The van der Waals surface area contributed by atoms with Crippen LogP contribution in [-0.4, -0.2) is 46.0 Å². The molecule has 0 radical (unpaired) electrons. The first-order valence-electron chi connectivity index (χ1n) is 9.34. The van der Waals surface area contributed by atoms with Gasteiger partial charge in [0.05, 0.1) is 5.52 Å². The molecule has 7 nitrogen and oxygen atoms in total. The number of hydrogen-bond donors (Lipinski definition) is 2. The standard InChI is InChI=1S/C20H27N3O4/c1-20(2,3)17(19(25)26)21-18(24)16-14-6-4-5-7-15(14)23(22-16)12-13-8-10-27-11-9-13/h4-7,13,17H,8-12H2,1-3H3,(H,21,24)(H,25,26)/t17-/m1/s1. The van der Waals surface area contributed by atoms with Gasteiger partial charge in [-0.2, -0.15) is 5.10 Å². The Bertz CT molecular complexity index is 831. The number of fused-ring (bicyclic) bond motifs is 1. The van der Waals surface area contributed by atoms with E-state index in [0.717, 1.165) is 43.5 Å². The molecule has 3 rings (SSSR count). The van der Waals surface area contributed by atoms with Gasteiger partial charge in [0.25, 0.3) is 5.91 Å². The van der Waals surface area contributed by atoms with Crippen LogP contribution in [0.4, 0.5) is 0 Å². The minimum atomic E-state index is -1.05. The average Bonchev–Trinajstić information content (AvgIpc) is 2.98. The lowest BCUT2D eigenvalue weighted by atomic mass is 9.86. The summed E-state index contributed by atoms with van der Waals surface area (Å²) in [6, 6.07) is 6.57. The van der Waals surface area contributed by atoms with Crippen molar-refractivity contribution >= 4 is 22.8 Å². The smallest absolute Gasteiger partial charge is 0.326 e. The van der Waals surface area contributed by atoms with E-state index in [1.807, 2.05) is 28.9 Å². The molecule has 1 saturated heterocycles. The van der Waals surface area contributed by atoms with Crippen molar-refractivity contribution in [3.63, 3.8) is 0 Å². The van der Waals surface area contributed by atoms with E-state index in [9.17, 15) is 14.7 Å². The summed E-state index contributed by atoms with van der Waals surface area (Å²) in [5.74, 6) is -1.06. The molecule has 2 N–H and O–H groups in total. The lowest BCUT2D eigenvalue weighted by Gasteiger charge is -2.27. The highest BCUT2D eigenvalue weighted by molar-refractivity contribution is 6.06. The monoisotopic (exact) mass is 373 g/mol. The van der Waals surface area contributed by atoms with Crippen LogP contribution in [0.1, 0.15) is 44.1 Å². The first-order valence-corrected chi connectivity index (χ1v) is 9.34. The molecule has 0 unspecified atom stereocenters. The summed E-state index contributed by atoms with van der Waals surface area (Å²) in [6.45, 7) is 7.58. The van der Waals surface area contributed by atoms with Crippen LogP contribution in [0, 0.1) is 11.3 Å². The van der Waals surface area contributed by atoms with E-state index in [2.05, 4.69) is 10.4 Å². The first kappa shape index (κ1) is 19.4. The molecule has 1 amide bonds. The maximum Gasteiger partial charge on any atom is 0.326 e. The number of ether oxygens (including phenoxy) is 1. The SMILES string of the molecule is CC(C)(C)[C@H](NC(=O)c1nn(CC2CCOCC2)c2ccccc12)C(=O)O. The molecule has 0 spiro atoms. The second kappa shape index (κ2) is 7.68. The van der Waals surface area contributed by atoms with Crippen molar-refractivity contribution in [2.24, 2.45) is 11.3 Å². The topological polar surface area (TPSA) is 93.5 Å². The van der Waals surface area contributed by atoms with Gasteiger partial charge in [-0.3, -0.25) is 9.48 Å². The van der Waals surface area contributed by atoms with Crippen LogP contribution in [-0.2, 0) is 16.1 Å². The van der Waals surface area contributed by atoms with Crippen molar-refractivity contribution in [1.82, 2.24) is 15.1 Å². The molecule has 146 valence electrons. The van der Waals surface area contributed by atoms with Gasteiger partial charge in [0.1, 0.15) is 6.04 Å². The maximum absolute atomic E-state index is 12.9. The summed E-state index contributed by atoms with van der Waals surface area (Å²) in [5, 5.41) is 17.4. The van der Waals surface area contributed by atoms with Gasteiger partial charge in [0.2, 0.25) is 0 Å². The number of carbonyl (C=O) groups excluding carboxylic acids is 1. The number of carboxylic acid groups (broad SMARTS) is 1. The molecule has 1 aromatic heterocycles. The Balaban J connectivity index is 1.89. The molecular weight excluding hydrogens is 346 g/mol. The molecule has 0 saturated carbocycles. The number of carbonyl (C=O) groups is 2. The number of carboxylic acids is 1. The molecule has 2 aromatic rings. The fourth-order valence-corrected chi connectivity index (χ4v) is 3.46. The highest BCUT2D eigenvalue weighted by atomic mass is 16.5. The lowest BCUT2D eigenvalue weighted by Crippen LogP contribution is -2.49. The minimum Gasteiger partial charge on any atom is -0.480 e. The van der Waals surface area contributed by atoms with Gasteiger partial charge in [-0.15, -0.1) is 0 Å². The fraction of sp³-hybridized carbons (Fsp3) is 0.550. The van der Waals surface area contributed by atoms with E-state index in [1.165, 1.54) is 0 Å². The highest BCUT2D eigenvalue weighted by Crippen LogP contribution is 2.24. The van der Waals surface area contributed by atoms with Crippen molar-refractivity contribution in [3.05, 3.63) is 30.0 Å². The van der Waals surface area contributed by atoms with Crippen LogP contribution in [0.15, 0.2) is 24.3 Å². The molecule has 0 bridgehead atoms. The normalized spacial score (nSPS) is 17.0. The number of rotatable bonds is 5. The van der Waals surface area contributed by atoms with E-state index >= 15 is 0 Å². The Morgan fingerprint density at radius 2 is 1.96 bits per heavy atom. The molecule has 2 heterocycles. The lowest BCUT2D eigenvalue weighted by molar-refractivity contribution is -0.142. The first-order chi connectivity index (χ1) is 12.8. The van der Waals surface area contributed by atoms with E-state index < -0.39 is 23.3 Å². The second-order valence-corrected chi connectivity index (χ2v) is 8.21.